The number of nitrogens with two attached hydrogens (primary N) is 1. The van der Waals surface area contributed by atoms with E-state index in [1.807, 2.05) is 18.2 Å². The molecule has 0 fully saturated rings. The smallest absolute Gasteiger partial charge is 0.328 e. The fourth-order valence-electron chi connectivity index (χ4n) is 0.920. The quantitative estimate of drug-likeness (QED) is 0.508. The Morgan fingerprint density at radius 3 is 3.00 bits per heavy atom. The molecule has 3 N–H and O–H groups in total. The molecule has 1 aromatic carbocycles. The second-order valence-corrected chi connectivity index (χ2v) is 4.71. The maximum absolute atomic E-state index is 10.2. The van der Waals surface area contributed by atoms with Gasteiger partial charge in [0.25, 0.3) is 0 Å². The van der Waals surface area contributed by atoms with Crippen LogP contribution in [0, 0.1) is 0 Å². The van der Waals surface area contributed by atoms with Crippen molar-refractivity contribution >= 4 is 39.3 Å². The number of anilines is 1. The minimum atomic E-state index is -0.933. The highest BCUT2D eigenvalue weighted by molar-refractivity contribution is 9.10. The molecule has 0 unspecified atom stereocenters. The third-order valence-electron chi connectivity index (χ3n) is 1.57. The third-order valence-corrected chi connectivity index (χ3v) is 3.09. The first-order valence-corrected chi connectivity index (χ1v) is 5.95. The van der Waals surface area contributed by atoms with Crippen molar-refractivity contribution in [2.45, 2.75) is 4.90 Å². The highest BCUT2D eigenvalue weighted by Crippen LogP contribution is 2.28. The van der Waals surface area contributed by atoms with Gasteiger partial charge in [0.1, 0.15) is 0 Å². The number of carboxylic acid groups (broad SMARTS) is 1. The van der Waals surface area contributed by atoms with Crippen LogP contribution in [0.2, 0.25) is 0 Å². The van der Waals surface area contributed by atoms with E-state index in [9.17, 15) is 4.79 Å². The van der Waals surface area contributed by atoms with Gasteiger partial charge >= 0.3 is 5.97 Å². The second kappa shape index (κ2) is 5.82. The Balaban J connectivity index is 2.57. The van der Waals surface area contributed by atoms with Gasteiger partial charge in [0, 0.05) is 26.9 Å². The van der Waals surface area contributed by atoms with Gasteiger partial charge in [0.05, 0.1) is 0 Å². The van der Waals surface area contributed by atoms with Crippen LogP contribution in [0.4, 0.5) is 5.69 Å². The molecule has 80 valence electrons. The summed E-state index contributed by atoms with van der Waals surface area (Å²) < 4.78 is 0.960. The Morgan fingerprint density at radius 1 is 1.60 bits per heavy atom. The van der Waals surface area contributed by atoms with E-state index >= 15 is 0 Å². The summed E-state index contributed by atoms with van der Waals surface area (Å²) in [6, 6.07) is 5.59. The van der Waals surface area contributed by atoms with Gasteiger partial charge in [-0.25, -0.2) is 4.79 Å². The zero-order chi connectivity index (χ0) is 11.3. The van der Waals surface area contributed by atoms with Crippen LogP contribution in [0.3, 0.4) is 0 Å². The first kappa shape index (κ1) is 12.1. The molecule has 15 heavy (non-hydrogen) atoms. The predicted octanol–water partition coefficient (Wildman–Crippen LogP) is 2.76. The van der Waals surface area contributed by atoms with Crippen LogP contribution in [0.1, 0.15) is 0 Å². The summed E-state index contributed by atoms with van der Waals surface area (Å²) in [6.45, 7) is 0. The summed E-state index contributed by atoms with van der Waals surface area (Å²) in [7, 11) is 0. The normalized spacial score (nSPS) is 10.7. The average Bonchev–Trinajstić information content (AvgIpc) is 2.17. The van der Waals surface area contributed by atoms with Gasteiger partial charge in [-0.15, -0.1) is 11.8 Å². The van der Waals surface area contributed by atoms with Crippen LogP contribution >= 0.6 is 27.7 Å². The Hall–Kier alpha value is -0.940. The van der Waals surface area contributed by atoms with Gasteiger partial charge in [0.2, 0.25) is 0 Å². The fourth-order valence-corrected chi connectivity index (χ4v) is 2.25. The number of hydrogen-bond acceptors (Lipinski definition) is 3. The van der Waals surface area contributed by atoms with E-state index in [2.05, 4.69) is 15.9 Å². The first-order valence-electron chi connectivity index (χ1n) is 4.17. The van der Waals surface area contributed by atoms with Crippen molar-refractivity contribution in [2.24, 2.45) is 0 Å². The van der Waals surface area contributed by atoms with Crippen molar-refractivity contribution in [3.05, 3.63) is 34.8 Å². The molecular weight excluding hydrogens is 278 g/mol. The Morgan fingerprint density at radius 2 is 2.33 bits per heavy atom. The molecule has 0 radical (unpaired) electrons. The molecule has 5 heteroatoms. The molecule has 0 bridgehead atoms. The molecule has 1 aromatic rings. The molecular formula is C10H10BrNO2S. The van der Waals surface area contributed by atoms with E-state index in [0.29, 0.717) is 11.4 Å². The van der Waals surface area contributed by atoms with E-state index in [-0.39, 0.29) is 0 Å². The molecule has 0 amide bonds. The van der Waals surface area contributed by atoms with Crippen molar-refractivity contribution in [3.8, 4) is 0 Å². The molecule has 0 aliphatic heterocycles. The number of thioether (sulfide) groups is 1. The number of halogens is 1. The van der Waals surface area contributed by atoms with Crippen LogP contribution < -0.4 is 5.73 Å². The second-order valence-electron chi connectivity index (χ2n) is 2.73. The molecule has 0 heterocycles. The number of aliphatic carboxylic acids is 1. The van der Waals surface area contributed by atoms with E-state index in [4.69, 9.17) is 10.8 Å². The molecule has 0 aliphatic carbocycles. The first-order chi connectivity index (χ1) is 7.09. The zero-order valence-electron chi connectivity index (χ0n) is 7.81. The summed E-state index contributed by atoms with van der Waals surface area (Å²) in [6.07, 6.45) is 2.72. The molecule has 1 rings (SSSR count). The van der Waals surface area contributed by atoms with Crippen LogP contribution in [-0.4, -0.2) is 16.8 Å². The monoisotopic (exact) mass is 287 g/mol. The third kappa shape index (κ3) is 4.40. The largest absolute Gasteiger partial charge is 0.478 e. The molecule has 0 aliphatic rings. The minimum absolute atomic E-state index is 0.590. The molecule has 0 aromatic heterocycles. The number of hydrogen-bond donors (Lipinski definition) is 2. The van der Waals surface area contributed by atoms with Crippen LogP contribution in [0.25, 0.3) is 0 Å². The van der Waals surface area contributed by atoms with Crippen molar-refractivity contribution in [1.29, 1.82) is 0 Å². The zero-order valence-corrected chi connectivity index (χ0v) is 10.2. The number of nitrogen functional groups attached to an aromatic ring is 1. The molecule has 0 atom stereocenters. The van der Waals surface area contributed by atoms with Gasteiger partial charge in [-0.05, 0) is 18.2 Å². The average molecular weight is 288 g/mol. The number of rotatable bonds is 4. The van der Waals surface area contributed by atoms with E-state index in [0.717, 1.165) is 15.4 Å². The molecule has 0 saturated heterocycles. The van der Waals surface area contributed by atoms with Gasteiger partial charge < -0.3 is 10.8 Å². The minimum Gasteiger partial charge on any atom is -0.478 e. The summed E-state index contributed by atoms with van der Waals surface area (Å²) in [5.74, 6) is -0.342. The van der Waals surface area contributed by atoms with Gasteiger partial charge in [-0.3, -0.25) is 0 Å². The summed E-state index contributed by atoms with van der Waals surface area (Å²) in [4.78, 5) is 11.1. The van der Waals surface area contributed by atoms with Gasteiger partial charge in [0.15, 0.2) is 0 Å². The topological polar surface area (TPSA) is 63.3 Å². The number of benzene rings is 1. The summed E-state index contributed by atoms with van der Waals surface area (Å²) in [5.41, 5.74) is 6.45. The standard InChI is InChI=1S/C10H10BrNO2S/c11-7-3-4-8(12)9(6-7)15-5-1-2-10(13)14/h1-4,6H,5,12H2,(H,13,14). The fraction of sp³-hybridized carbons (Fsp3) is 0.100. The SMILES string of the molecule is Nc1ccc(Br)cc1SCC=CC(=O)O. The van der Waals surface area contributed by atoms with Crippen LogP contribution in [-0.2, 0) is 4.79 Å². The van der Waals surface area contributed by atoms with Crippen molar-refractivity contribution in [3.63, 3.8) is 0 Å². The van der Waals surface area contributed by atoms with Gasteiger partial charge in [-0.2, -0.15) is 0 Å². The lowest BCUT2D eigenvalue weighted by Crippen LogP contribution is -1.89. The Labute approximate surface area is 100 Å². The highest BCUT2D eigenvalue weighted by atomic mass is 79.9. The number of carbonyl (C=O) groups is 1. The van der Waals surface area contributed by atoms with Crippen molar-refractivity contribution in [2.75, 3.05) is 11.5 Å². The van der Waals surface area contributed by atoms with E-state index < -0.39 is 5.97 Å². The predicted molar refractivity (Wildman–Crippen MR) is 66.1 cm³/mol. The lowest BCUT2D eigenvalue weighted by Gasteiger charge is -2.03. The lowest BCUT2D eigenvalue weighted by molar-refractivity contribution is -0.131. The van der Waals surface area contributed by atoms with Crippen LogP contribution in [0.5, 0.6) is 0 Å². The van der Waals surface area contributed by atoms with Crippen molar-refractivity contribution in [1.82, 2.24) is 0 Å². The maximum Gasteiger partial charge on any atom is 0.328 e. The Bertz CT molecular complexity index is 393. The molecule has 0 saturated carbocycles. The highest BCUT2D eigenvalue weighted by Gasteiger charge is 1.99. The van der Waals surface area contributed by atoms with E-state index in [1.165, 1.54) is 11.8 Å². The van der Waals surface area contributed by atoms with Crippen LogP contribution in [0.15, 0.2) is 39.7 Å². The summed E-state index contributed by atoms with van der Waals surface area (Å²) >= 11 is 4.85. The summed E-state index contributed by atoms with van der Waals surface area (Å²) in [5, 5.41) is 8.38. The molecule has 0 spiro atoms. The van der Waals surface area contributed by atoms with Gasteiger partial charge in [-0.1, -0.05) is 22.0 Å². The maximum atomic E-state index is 10.2. The Kier molecular flexibility index (Phi) is 4.71. The lowest BCUT2D eigenvalue weighted by atomic mass is 10.3. The van der Waals surface area contributed by atoms with E-state index in [1.54, 1.807) is 6.08 Å². The number of carboxylic acids is 1. The molecule has 3 nitrogen and oxygen atoms in total. The van der Waals surface area contributed by atoms with Crippen molar-refractivity contribution < 1.29 is 9.90 Å².